The summed E-state index contributed by atoms with van der Waals surface area (Å²) in [4.78, 5) is 59.3. The molecule has 5 atom stereocenters. The maximum absolute atomic E-state index is 12.8. The summed E-state index contributed by atoms with van der Waals surface area (Å²) in [5, 5.41) is -0.387. The molecule has 0 spiro atoms. The Kier molecular flexibility index (Phi) is 7.93. The number of thioether (sulfide) groups is 1. The Morgan fingerprint density at radius 2 is 1.56 bits per heavy atom. The Hall–Kier alpha value is -2.61. The minimum atomic E-state index is -5.18. The van der Waals surface area contributed by atoms with Gasteiger partial charge in [-0.05, 0) is 0 Å². The molecule has 2 heterocycles. The van der Waals surface area contributed by atoms with Crippen LogP contribution in [0.15, 0.2) is 11.1 Å². The van der Waals surface area contributed by atoms with Gasteiger partial charge in [0.2, 0.25) is 5.91 Å². The molecule has 0 aliphatic carbocycles. The van der Waals surface area contributed by atoms with Crippen LogP contribution >= 0.6 is 11.8 Å². The minimum Gasteiger partial charge on any atom is -0.463 e. The van der Waals surface area contributed by atoms with Gasteiger partial charge in [-0.15, -0.1) is 0 Å². The number of halogens is 3. The first-order chi connectivity index (χ1) is 14.7. The van der Waals surface area contributed by atoms with Gasteiger partial charge in [0.05, 0.1) is 5.03 Å². The second kappa shape index (κ2) is 9.90. The van der Waals surface area contributed by atoms with E-state index in [0.717, 1.165) is 32.6 Å². The Morgan fingerprint density at radius 3 is 2.03 bits per heavy atom. The molecule has 2 saturated heterocycles. The predicted octanol–water partition coefficient (Wildman–Crippen LogP) is 1.07. The molecular formula is C18H20F3NO9S. The van der Waals surface area contributed by atoms with Crippen molar-refractivity contribution in [1.29, 1.82) is 0 Å². The summed E-state index contributed by atoms with van der Waals surface area (Å²) >= 11 is 0.616. The number of hydrogen-bond donors (Lipinski definition) is 0. The van der Waals surface area contributed by atoms with Crippen LogP contribution in [0.3, 0.4) is 0 Å². The number of amides is 1. The van der Waals surface area contributed by atoms with E-state index in [1.165, 1.54) is 0 Å². The second-order valence-corrected chi connectivity index (χ2v) is 7.95. The van der Waals surface area contributed by atoms with Gasteiger partial charge in [0, 0.05) is 33.8 Å². The molecule has 2 aliphatic heterocycles. The molecule has 2 fully saturated rings. The molecule has 0 unspecified atom stereocenters. The molecule has 2 aliphatic rings. The van der Waals surface area contributed by atoms with Crippen LogP contribution in [0.4, 0.5) is 13.2 Å². The standard InChI is InChI=1S/C18H20F3NO9S/c1-7(23)22-13(5-12(27)18(19,20)21)32-17-14(22)16(30-10(4)26)15(29-9(3)25)11(31-17)6-28-8(2)24/h5,11,14-17H,6H2,1-4H3/b13-5-/t11-,14-,15-,16-,17-/m1/s1. The van der Waals surface area contributed by atoms with Crippen LogP contribution in [-0.2, 0) is 42.9 Å². The molecule has 2 rings (SSSR count). The summed E-state index contributed by atoms with van der Waals surface area (Å²) in [6.07, 6.45) is -8.87. The highest BCUT2D eigenvalue weighted by atomic mass is 32.2. The average molecular weight is 483 g/mol. The smallest absolute Gasteiger partial charge is 0.454 e. The summed E-state index contributed by atoms with van der Waals surface area (Å²) < 4.78 is 59.5. The van der Waals surface area contributed by atoms with E-state index in [0.29, 0.717) is 11.8 Å². The Bertz CT molecular complexity index is 844. The molecule has 0 radical (unpaired) electrons. The lowest BCUT2D eigenvalue weighted by Gasteiger charge is -2.43. The molecule has 10 nitrogen and oxygen atoms in total. The number of alkyl halides is 3. The van der Waals surface area contributed by atoms with Crippen LogP contribution in [0.5, 0.6) is 0 Å². The van der Waals surface area contributed by atoms with Crippen molar-refractivity contribution in [2.24, 2.45) is 0 Å². The topological polar surface area (TPSA) is 126 Å². The van der Waals surface area contributed by atoms with Gasteiger partial charge >= 0.3 is 24.1 Å². The normalized spacial score (nSPS) is 28.7. The summed E-state index contributed by atoms with van der Waals surface area (Å²) in [5.41, 5.74) is -1.12. The number of esters is 3. The molecule has 14 heteroatoms. The summed E-state index contributed by atoms with van der Waals surface area (Å²) in [6.45, 7) is 3.81. The van der Waals surface area contributed by atoms with Crippen LogP contribution in [0.1, 0.15) is 27.7 Å². The van der Waals surface area contributed by atoms with Gasteiger partial charge in [-0.25, -0.2) is 0 Å². The molecule has 1 amide bonds. The van der Waals surface area contributed by atoms with Crippen molar-refractivity contribution in [3.63, 3.8) is 0 Å². The van der Waals surface area contributed by atoms with Gasteiger partial charge in [-0.2, -0.15) is 13.2 Å². The molecule has 0 aromatic rings. The first kappa shape index (κ1) is 25.6. The maximum Gasteiger partial charge on any atom is 0.454 e. The van der Waals surface area contributed by atoms with Gasteiger partial charge in [-0.3, -0.25) is 28.9 Å². The summed E-state index contributed by atoms with van der Waals surface area (Å²) in [5.74, 6) is -5.32. The fraction of sp³-hybridized carbons (Fsp3) is 0.611. The number of hydrogen-bond acceptors (Lipinski definition) is 10. The zero-order valence-corrected chi connectivity index (χ0v) is 18.2. The quantitative estimate of drug-likeness (QED) is 0.319. The van der Waals surface area contributed by atoms with E-state index in [2.05, 4.69) is 0 Å². The third-order valence-corrected chi connectivity index (χ3v) is 5.49. The van der Waals surface area contributed by atoms with Crippen LogP contribution in [0.25, 0.3) is 0 Å². The number of rotatable bonds is 5. The van der Waals surface area contributed by atoms with Crippen molar-refractivity contribution in [2.75, 3.05) is 6.61 Å². The van der Waals surface area contributed by atoms with Gasteiger partial charge in [0.25, 0.3) is 5.78 Å². The van der Waals surface area contributed by atoms with E-state index in [1.807, 2.05) is 0 Å². The Balaban J connectivity index is 2.53. The SMILES string of the molecule is CC(=O)OC[C@H]1O[C@@H]2S/C(=C\C(=O)C(F)(F)F)N(C(C)=O)[C@@H]2[C@@H](OC(C)=O)[C@@H]1OC(C)=O. The van der Waals surface area contributed by atoms with Crippen molar-refractivity contribution in [2.45, 2.75) is 63.7 Å². The van der Waals surface area contributed by atoms with E-state index in [4.69, 9.17) is 18.9 Å². The van der Waals surface area contributed by atoms with Crippen molar-refractivity contribution in [3.05, 3.63) is 11.1 Å². The maximum atomic E-state index is 12.8. The summed E-state index contributed by atoms with van der Waals surface area (Å²) in [7, 11) is 0. The lowest BCUT2D eigenvalue weighted by Crippen LogP contribution is -2.63. The summed E-state index contributed by atoms with van der Waals surface area (Å²) in [6, 6.07) is -1.23. The zero-order valence-electron chi connectivity index (χ0n) is 17.3. The van der Waals surface area contributed by atoms with E-state index < -0.39 is 72.2 Å². The molecule has 0 saturated carbocycles. The highest BCUT2D eigenvalue weighted by molar-refractivity contribution is 8.03. The van der Waals surface area contributed by atoms with Gasteiger partial charge in [-0.1, -0.05) is 11.8 Å². The van der Waals surface area contributed by atoms with Crippen LogP contribution < -0.4 is 0 Å². The van der Waals surface area contributed by atoms with E-state index >= 15 is 0 Å². The molecule has 32 heavy (non-hydrogen) atoms. The van der Waals surface area contributed by atoms with E-state index in [9.17, 15) is 37.1 Å². The zero-order chi connectivity index (χ0) is 24.4. The van der Waals surface area contributed by atoms with Gasteiger partial charge < -0.3 is 18.9 Å². The van der Waals surface area contributed by atoms with E-state index in [1.54, 1.807) is 0 Å². The van der Waals surface area contributed by atoms with Crippen molar-refractivity contribution in [3.8, 4) is 0 Å². The number of allylic oxidation sites excluding steroid dienone is 1. The number of ketones is 1. The highest BCUT2D eigenvalue weighted by Gasteiger charge is 2.58. The average Bonchev–Trinajstić information content (AvgIpc) is 2.98. The first-order valence-corrected chi connectivity index (χ1v) is 10.0. The van der Waals surface area contributed by atoms with Gasteiger partial charge in [0.1, 0.15) is 24.2 Å². The molecule has 0 aromatic heterocycles. The Morgan fingerprint density at radius 1 is 1.00 bits per heavy atom. The van der Waals surface area contributed by atoms with Crippen molar-refractivity contribution in [1.82, 2.24) is 4.90 Å². The Labute approximate surface area is 184 Å². The molecule has 0 bridgehead atoms. The third kappa shape index (κ3) is 6.00. The minimum absolute atomic E-state index is 0.237. The first-order valence-electron chi connectivity index (χ1n) is 9.15. The van der Waals surface area contributed by atoms with Crippen LogP contribution in [0.2, 0.25) is 0 Å². The molecule has 0 N–H and O–H groups in total. The second-order valence-electron chi connectivity index (χ2n) is 6.84. The number of carbonyl (C=O) groups excluding carboxylic acids is 5. The molecule has 178 valence electrons. The molecular weight excluding hydrogens is 463 g/mol. The lowest BCUT2D eigenvalue weighted by molar-refractivity contribution is -0.217. The lowest BCUT2D eigenvalue weighted by atomic mass is 9.96. The number of ether oxygens (including phenoxy) is 4. The van der Waals surface area contributed by atoms with Crippen LogP contribution in [0, 0.1) is 0 Å². The number of fused-ring (bicyclic) bond motifs is 1. The number of nitrogens with zero attached hydrogens (tertiary/aromatic N) is 1. The predicted molar refractivity (Wildman–Crippen MR) is 99.4 cm³/mol. The van der Waals surface area contributed by atoms with Gasteiger partial charge in [0.15, 0.2) is 12.2 Å². The van der Waals surface area contributed by atoms with E-state index in [-0.39, 0.29) is 11.1 Å². The van der Waals surface area contributed by atoms with Crippen molar-refractivity contribution >= 4 is 41.4 Å². The highest BCUT2D eigenvalue weighted by Crippen LogP contribution is 2.46. The molecule has 0 aromatic carbocycles. The third-order valence-electron chi connectivity index (χ3n) is 4.32. The fourth-order valence-electron chi connectivity index (χ4n) is 3.24. The fourth-order valence-corrected chi connectivity index (χ4v) is 4.63. The van der Waals surface area contributed by atoms with Crippen LogP contribution in [-0.4, -0.2) is 77.1 Å². The largest absolute Gasteiger partial charge is 0.463 e. The number of carbonyl (C=O) groups is 5. The van der Waals surface area contributed by atoms with Crippen molar-refractivity contribution < 1.29 is 56.1 Å². The monoisotopic (exact) mass is 483 g/mol.